The van der Waals surface area contributed by atoms with E-state index in [-0.39, 0.29) is 5.76 Å². The zero-order chi connectivity index (χ0) is 13.1. The highest BCUT2D eigenvalue weighted by molar-refractivity contribution is 9.10. The average Bonchev–Trinajstić information content (AvgIpc) is 2.79. The molecule has 0 fully saturated rings. The van der Waals surface area contributed by atoms with E-state index in [9.17, 15) is 4.79 Å². The third kappa shape index (κ3) is 3.05. The Balaban J connectivity index is 2.02. The third-order valence-corrected chi connectivity index (χ3v) is 3.47. The van der Waals surface area contributed by atoms with Gasteiger partial charge in [0, 0.05) is 10.2 Å². The van der Waals surface area contributed by atoms with E-state index in [0.717, 1.165) is 10.2 Å². The second-order valence-electron chi connectivity index (χ2n) is 3.55. The van der Waals surface area contributed by atoms with E-state index in [1.807, 2.05) is 12.1 Å². The molecule has 0 radical (unpaired) electrons. The summed E-state index contributed by atoms with van der Waals surface area (Å²) >= 11 is 9.20. The lowest BCUT2D eigenvalue weighted by molar-refractivity contribution is 0.0660. The van der Waals surface area contributed by atoms with Crippen LogP contribution < -0.4 is 5.32 Å². The van der Waals surface area contributed by atoms with Crippen LogP contribution >= 0.6 is 27.5 Å². The Bertz CT molecular complexity index is 582. The van der Waals surface area contributed by atoms with Gasteiger partial charge in [0.25, 0.3) is 0 Å². The Labute approximate surface area is 117 Å². The fourth-order valence-electron chi connectivity index (χ4n) is 1.38. The van der Waals surface area contributed by atoms with Crippen molar-refractivity contribution < 1.29 is 14.3 Å². The monoisotopic (exact) mass is 329 g/mol. The van der Waals surface area contributed by atoms with Crippen LogP contribution in [0, 0.1) is 0 Å². The van der Waals surface area contributed by atoms with Crippen LogP contribution in [-0.2, 0) is 6.54 Å². The Hall–Kier alpha value is -1.46. The van der Waals surface area contributed by atoms with Crippen molar-refractivity contribution in [2.45, 2.75) is 6.54 Å². The molecule has 0 saturated heterocycles. The quantitative estimate of drug-likeness (QED) is 0.889. The molecular weight excluding hydrogens is 321 g/mol. The fraction of sp³-hybridized carbons (Fsp3) is 0.0833. The molecule has 1 aromatic heterocycles. The Kier molecular flexibility index (Phi) is 3.93. The Morgan fingerprint density at radius 3 is 2.78 bits per heavy atom. The highest BCUT2D eigenvalue weighted by atomic mass is 79.9. The van der Waals surface area contributed by atoms with Crippen LogP contribution in [0.15, 0.2) is 39.2 Å². The number of carboxylic acids is 1. The fourth-order valence-corrected chi connectivity index (χ4v) is 1.88. The summed E-state index contributed by atoms with van der Waals surface area (Å²) in [4.78, 5) is 10.6. The molecule has 1 aromatic carbocycles. The number of anilines is 1. The minimum atomic E-state index is -1.07. The second-order valence-corrected chi connectivity index (χ2v) is 4.82. The number of halogens is 2. The maximum Gasteiger partial charge on any atom is 0.371 e. The van der Waals surface area contributed by atoms with Crippen LogP contribution in [-0.4, -0.2) is 11.1 Å². The summed E-state index contributed by atoms with van der Waals surface area (Å²) in [6.07, 6.45) is 0. The zero-order valence-corrected chi connectivity index (χ0v) is 11.5. The van der Waals surface area contributed by atoms with E-state index < -0.39 is 5.97 Å². The zero-order valence-electron chi connectivity index (χ0n) is 9.11. The summed E-state index contributed by atoms with van der Waals surface area (Å²) in [6.45, 7) is 0.404. The Morgan fingerprint density at radius 2 is 2.17 bits per heavy atom. The van der Waals surface area contributed by atoms with Gasteiger partial charge in [-0.1, -0.05) is 11.6 Å². The van der Waals surface area contributed by atoms with Gasteiger partial charge >= 0.3 is 5.97 Å². The van der Waals surface area contributed by atoms with E-state index in [0.29, 0.717) is 17.3 Å². The number of furan rings is 1. The van der Waals surface area contributed by atoms with E-state index >= 15 is 0 Å². The molecule has 0 aliphatic carbocycles. The number of nitrogens with one attached hydrogen (secondary N) is 1. The van der Waals surface area contributed by atoms with Crippen molar-refractivity contribution in [2.24, 2.45) is 0 Å². The number of benzene rings is 1. The van der Waals surface area contributed by atoms with E-state index in [1.54, 1.807) is 12.1 Å². The number of rotatable bonds is 4. The molecule has 0 unspecified atom stereocenters. The summed E-state index contributed by atoms with van der Waals surface area (Å²) in [6, 6.07) is 8.48. The van der Waals surface area contributed by atoms with Crippen molar-refractivity contribution >= 4 is 39.2 Å². The highest BCUT2D eigenvalue weighted by Crippen LogP contribution is 2.25. The lowest BCUT2D eigenvalue weighted by atomic mass is 10.3. The molecule has 0 aliphatic rings. The molecule has 2 aromatic rings. The van der Waals surface area contributed by atoms with Gasteiger partial charge in [-0.05, 0) is 46.3 Å². The molecule has 0 bridgehead atoms. The number of carboxylic acid groups (broad SMARTS) is 1. The van der Waals surface area contributed by atoms with Crippen LogP contribution in [0.1, 0.15) is 16.3 Å². The van der Waals surface area contributed by atoms with Crippen LogP contribution in [0.3, 0.4) is 0 Å². The summed E-state index contributed by atoms with van der Waals surface area (Å²) in [7, 11) is 0. The minimum Gasteiger partial charge on any atom is -0.475 e. The van der Waals surface area contributed by atoms with Gasteiger partial charge < -0.3 is 14.8 Å². The first-order valence-electron chi connectivity index (χ1n) is 5.07. The standard InChI is InChI=1S/C12H9BrClNO3/c13-9-5-7(1-3-10(9)14)15-6-8-2-4-11(18-8)12(16)17/h1-5,15H,6H2,(H,16,17). The van der Waals surface area contributed by atoms with E-state index in [2.05, 4.69) is 21.2 Å². The third-order valence-electron chi connectivity index (χ3n) is 2.26. The topological polar surface area (TPSA) is 62.5 Å². The van der Waals surface area contributed by atoms with Gasteiger partial charge in [-0.15, -0.1) is 0 Å². The molecule has 0 atom stereocenters. The predicted octanol–water partition coefficient (Wildman–Crippen LogP) is 4.01. The van der Waals surface area contributed by atoms with Gasteiger partial charge in [-0.2, -0.15) is 0 Å². The first-order chi connectivity index (χ1) is 8.56. The van der Waals surface area contributed by atoms with Crippen LogP contribution in [0.2, 0.25) is 5.02 Å². The number of hydrogen-bond donors (Lipinski definition) is 2. The second kappa shape index (κ2) is 5.46. The number of hydrogen-bond acceptors (Lipinski definition) is 3. The summed E-state index contributed by atoms with van der Waals surface area (Å²) < 4.78 is 5.91. The maximum absolute atomic E-state index is 10.6. The van der Waals surface area contributed by atoms with Gasteiger partial charge in [0.15, 0.2) is 0 Å². The summed E-state index contributed by atoms with van der Waals surface area (Å²) in [5, 5.41) is 12.5. The molecule has 0 amide bonds. The van der Waals surface area contributed by atoms with Gasteiger partial charge in [-0.3, -0.25) is 0 Å². The summed E-state index contributed by atoms with van der Waals surface area (Å²) in [5.74, 6) is -0.585. The van der Waals surface area contributed by atoms with Crippen molar-refractivity contribution in [3.05, 3.63) is 51.3 Å². The summed E-state index contributed by atoms with van der Waals surface area (Å²) in [5.41, 5.74) is 0.861. The van der Waals surface area contributed by atoms with Gasteiger partial charge in [0.1, 0.15) is 5.76 Å². The lowest BCUT2D eigenvalue weighted by Crippen LogP contribution is -1.98. The van der Waals surface area contributed by atoms with Crippen LogP contribution in [0.25, 0.3) is 0 Å². The Morgan fingerprint density at radius 1 is 1.39 bits per heavy atom. The molecule has 4 nitrogen and oxygen atoms in total. The smallest absolute Gasteiger partial charge is 0.371 e. The first kappa shape index (κ1) is 13.0. The molecule has 1 heterocycles. The molecule has 0 spiro atoms. The predicted molar refractivity (Wildman–Crippen MR) is 72.1 cm³/mol. The minimum absolute atomic E-state index is 0.0657. The maximum atomic E-state index is 10.6. The van der Waals surface area contributed by atoms with Crippen molar-refractivity contribution in [1.82, 2.24) is 0 Å². The van der Waals surface area contributed by atoms with E-state index in [1.165, 1.54) is 6.07 Å². The normalized spacial score (nSPS) is 10.3. The lowest BCUT2D eigenvalue weighted by Gasteiger charge is -2.05. The van der Waals surface area contributed by atoms with Crippen molar-refractivity contribution in [3.63, 3.8) is 0 Å². The van der Waals surface area contributed by atoms with Gasteiger partial charge in [0.05, 0.1) is 11.6 Å². The molecule has 0 aliphatic heterocycles. The van der Waals surface area contributed by atoms with Gasteiger partial charge in [-0.25, -0.2) is 4.79 Å². The molecule has 94 valence electrons. The average molecular weight is 331 g/mol. The largest absolute Gasteiger partial charge is 0.475 e. The number of carbonyl (C=O) groups is 1. The molecule has 18 heavy (non-hydrogen) atoms. The van der Waals surface area contributed by atoms with Crippen LogP contribution in [0.4, 0.5) is 5.69 Å². The number of aromatic carboxylic acids is 1. The molecule has 0 saturated carbocycles. The van der Waals surface area contributed by atoms with Crippen molar-refractivity contribution in [3.8, 4) is 0 Å². The molecule has 2 N–H and O–H groups in total. The van der Waals surface area contributed by atoms with E-state index in [4.69, 9.17) is 21.1 Å². The SMILES string of the molecule is O=C(O)c1ccc(CNc2ccc(Cl)c(Br)c2)o1. The van der Waals surface area contributed by atoms with Crippen LogP contribution in [0.5, 0.6) is 0 Å². The van der Waals surface area contributed by atoms with Gasteiger partial charge in [0.2, 0.25) is 5.76 Å². The first-order valence-corrected chi connectivity index (χ1v) is 6.24. The molecule has 6 heteroatoms. The highest BCUT2D eigenvalue weighted by Gasteiger charge is 2.08. The van der Waals surface area contributed by atoms with Crippen molar-refractivity contribution in [1.29, 1.82) is 0 Å². The molecule has 2 rings (SSSR count). The van der Waals surface area contributed by atoms with Crippen molar-refractivity contribution in [2.75, 3.05) is 5.32 Å². The molecular formula is C12H9BrClNO3.